The van der Waals surface area contributed by atoms with Crippen molar-refractivity contribution in [2.45, 2.75) is 30.8 Å². The van der Waals surface area contributed by atoms with E-state index >= 15 is 0 Å². The van der Waals surface area contributed by atoms with Crippen molar-refractivity contribution in [2.75, 3.05) is 4.90 Å². The molecule has 2 aliphatic heterocycles. The largest absolute Gasteiger partial charge is 0.353 e. The minimum absolute atomic E-state index is 0.0627. The van der Waals surface area contributed by atoms with Crippen LogP contribution in [0, 0.1) is 34.5 Å². The predicted octanol–water partition coefficient (Wildman–Crippen LogP) is 6.31. The van der Waals surface area contributed by atoms with Gasteiger partial charge < -0.3 is 4.90 Å². The minimum Gasteiger partial charge on any atom is -0.353 e. The Bertz CT molecular complexity index is 1440. The third-order valence-electron chi connectivity index (χ3n) is 7.80. The number of anilines is 1. The van der Waals surface area contributed by atoms with E-state index in [-0.39, 0.29) is 35.2 Å². The Kier molecular flexibility index (Phi) is 5.51. The first-order chi connectivity index (χ1) is 17.7. The number of Topliss-reactive ketones (excluding diaryl/α,β-unsaturated/α-hetero) is 1. The van der Waals surface area contributed by atoms with Gasteiger partial charge in [-0.1, -0.05) is 91.0 Å². The van der Waals surface area contributed by atoms with Gasteiger partial charge in [-0.05, 0) is 41.5 Å². The highest BCUT2D eigenvalue weighted by Gasteiger charge is 2.56. The second kappa shape index (κ2) is 8.99. The molecule has 0 radical (unpaired) electrons. The smallest absolute Gasteiger partial charge is 0.185 e. The average Bonchev–Trinajstić information content (AvgIpc) is 3.72. The van der Waals surface area contributed by atoms with Crippen LogP contribution >= 0.6 is 0 Å². The van der Waals surface area contributed by atoms with E-state index in [9.17, 15) is 15.3 Å². The highest BCUT2D eigenvalue weighted by molar-refractivity contribution is 6.04. The summed E-state index contributed by atoms with van der Waals surface area (Å²) in [5.41, 5.74) is 4.97. The highest BCUT2D eigenvalue weighted by Crippen LogP contribution is 2.56. The topological polar surface area (TPSA) is 67.9 Å². The molecule has 2 heterocycles. The van der Waals surface area contributed by atoms with E-state index < -0.39 is 6.04 Å². The monoisotopic (exact) mass is 467 g/mol. The molecule has 4 heteroatoms. The number of rotatable bonds is 5. The summed E-state index contributed by atoms with van der Waals surface area (Å²) < 4.78 is 0. The van der Waals surface area contributed by atoms with E-state index in [2.05, 4.69) is 53.5 Å². The Morgan fingerprint density at radius 2 is 1.47 bits per heavy atom. The van der Waals surface area contributed by atoms with Crippen LogP contribution in [-0.4, -0.2) is 17.9 Å². The fourth-order valence-electron chi connectivity index (χ4n) is 6.23. The molecule has 4 nitrogen and oxygen atoms in total. The normalized spacial score (nSPS) is 23.7. The molecule has 0 N–H and O–H groups in total. The fourth-order valence-corrected chi connectivity index (χ4v) is 6.23. The van der Waals surface area contributed by atoms with Gasteiger partial charge in [0.1, 0.15) is 23.8 Å². The summed E-state index contributed by atoms with van der Waals surface area (Å²) in [5, 5.41) is 19.9. The van der Waals surface area contributed by atoms with Crippen LogP contribution in [0.5, 0.6) is 0 Å². The molecular formula is C32H25N3O. The van der Waals surface area contributed by atoms with Crippen molar-refractivity contribution in [3.63, 3.8) is 0 Å². The van der Waals surface area contributed by atoms with Gasteiger partial charge in [0, 0.05) is 23.1 Å². The van der Waals surface area contributed by atoms with Crippen LogP contribution in [0.4, 0.5) is 5.69 Å². The number of allylic oxidation sites excluding steroid dienone is 1. The third kappa shape index (κ3) is 3.55. The SMILES string of the molecule is N#CC(C#N)=C(C1CC1)[C@H]1[C@H](c2ccccc2)[C@@H](C(=O)c2ccccc2)N2c3ccccc3C=C[C@@H]12. The van der Waals surface area contributed by atoms with E-state index in [4.69, 9.17) is 0 Å². The van der Waals surface area contributed by atoms with Crippen molar-refractivity contribution >= 4 is 17.5 Å². The van der Waals surface area contributed by atoms with Gasteiger partial charge in [0.15, 0.2) is 5.78 Å². The molecule has 3 aromatic rings. The molecule has 0 spiro atoms. The summed E-state index contributed by atoms with van der Waals surface area (Å²) in [6, 6.07) is 31.6. The Balaban J connectivity index is 1.63. The van der Waals surface area contributed by atoms with Gasteiger partial charge in [0.05, 0.1) is 6.04 Å². The van der Waals surface area contributed by atoms with Crippen molar-refractivity contribution in [3.05, 3.63) is 119 Å². The van der Waals surface area contributed by atoms with Crippen LogP contribution < -0.4 is 4.90 Å². The fraction of sp³-hybridized carbons (Fsp3) is 0.219. The number of carbonyl (C=O) groups is 1. The summed E-state index contributed by atoms with van der Waals surface area (Å²) in [6.07, 6.45) is 6.26. The average molecular weight is 468 g/mol. The molecule has 0 aromatic heterocycles. The van der Waals surface area contributed by atoms with Gasteiger partial charge in [-0.3, -0.25) is 4.79 Å². The number of hydrogen-bond donors (Lipinski definition) is 0. The molecule has 36 heavy (non-hydrogen) atoms. The standard InChI is InChI=1S/C32H25N3O/c33-19-25(20-34)28(23-15-16-23)30-27-18-17-21-9-7-8-14-26(21)35(27)31(29(30)22-10-3-1-4-11-22)32(36)24-12-5-2-6-13-24/h1-14,17-18,23,27,29-31H,15-16H2/t27-,29-,30-,31-/m0/s1. The number of nitrogens with zero attached hydrogens (tertiary/aromatic N) is 3. The van der Waals surface area contributed by atoms with Crippen molar-refractivity contribution in [1.29, 1.82) is 10.5 Å². The van der Waals surface area contributed by atoms with Crippen molar-refractivity contribution < 1.29 is 4.79 Å². The number of carbonyl (C=O) groups excluding carboxylic acids is 1. The number of hydrogen-bond acceptors (Lipinski definition) is 4. The summed E-state index contributed by atoms with van der Waals surface area (Å²) in [7, 11) is 0. The van der Waals surface area contributed by atoms with Crippen LogP contribution in [0.15, 0.2) is 102 Å². The van der Waals surface area contributed by atoms with Gasteiger partial charge in [0.25, 0.3) is 0 Å². The second-order valence-corrected chi connectivity index (χ2v) is 9.78. The zero-order valence-corrected chi connectivity index (χ0v) is 19.8. The molecule has 1 aliphatic carbocycles. The quantitative estimate of drug-likeness (QED) is 0.326. The zero-order valence-electron chi connectivity index (χ0n) is 19.8. The molecule has 0 amide bonds. The molecule has 6 rings (SSSR count). The lowest BCUT2D eigenvalue weighted by molar-refractivity contribution is 0.0952. The van der Waals surface area contributed by atoms with Crippen molar-refractivity contribution in [1.82, 2.24) is 0 Å². The summed E-state index contributed by atoms with van der Waals surface area (Å²) in [6.45, 7) is 0. The van der Waals surface area contributed by atoms with Gasteiger partial charge in [-0.15, -0.1) is 0 Å². The Labute approximate surface area is 211 Å². The maximum Gasteiger partial charge on any atom is 0.185 e. The molecule has 4 atom stereocenters. The van der Waals surface area contributed by atoms with E-state index in [1.165, 1.54) is 0 Å². The third-order valence-corrected chi connectivity index (χ3v) is 7.80. The molecule has 2 fully saturated rings. The first-order valence-electron chi connectivity index (χ1n) is 12.5. The molecular weight excluding hydrogens is 442 g/mol. The predicted molar refractivity (Wildman–Crippen MR) is 140 cm³/mol. The number of fused-ring (bicyclic) bond motifs is 3. The summed E-state index contributed by atoms with van der Waals surface area (Å²) >= 11 is 0. The van der Waals surface area contributed by atoms with Crippen LogP contribution in [0.25, 0.3) is 6.08 Å². The van der Waals surface area contributed by atoms with E-state index in [1.54, 1.807) is 0 Å². The van der Waals surface area contributed by atoms with Crippen molar-refractivity contribution in [2.24, 2.45) is 11.8 Å². The molecule has 3 aliphatic rings. The zero-order chi connectivity index (χ0) is 24.6. The Hall–Kier alpha value is -4.41. The van der Waals surface area contributed by atoms with Gasteiger partial charge in [-0.2, -0.15) is 10.5 Å². The first kappa shape index (κ1) is 22.1. The van der Waals surface area contributed by atoms with Crippen LogP contribution in [-0.2, 0) is 0 Å². The van der Waals surface area contributed by atoms with Crippen LogP contribution in [0.2, 0.25) is 0 Å². The lowest BCUT2D eigenvalue weighted by Crippen LogP contribution is -2.43. The Morgan fingerprint density at radius 3 is 2.14 bits per heavy atom. The molecule has 1 saturated heterocycles. The minimum atomic E-state index is -0.469. The summed E-state index contributed by atoms with van der Waals surface area (Å²) in [5.74, 6) is -0.0790. The lowest BCUT2D eigenvalue weighted by atomic mass is 9.73. The number of nitriles is 2. The number of para-hydroxylation sites is 1. The van der Waals surface area contributed by atoms with E-state index in [0.717, 1.165) is 35.2 Å². The Morgan fingerprint density at radius 1 is 0.833 bits per heavy atom. The van der Waals surface area contributed by atoms with Gasteiger partial charge >= 0.3 is 0 Å². The molecule has 1 saturated carbocycles. The maximum atomic E-state index is 14.3. The maximum absolute atomic E-state index is 14.3. The van der Waals surface area contributed by atoms with Gasteiger partial charge in [0.2, 0.25) is 0 Å². The van der Waals surface area contributed by atoms with Crippen LogP contribution in [0.1, 0.15) is 40.2 Å². The second-order valence-electron chi connectivity index (χ2n) is 9.78. The van der Waals surface area contributed by atoms with Gasteiger partial charge in [-0.25, -0.2) is 0 Å². The van der Waals surface area contributed by atoms with E-state index in [0.29, 0.717) is 5.56 Å². The van der Waals surface area contributed by atoms with E-state index in [1.807, 2.05) is 60.7 Å². The number of benzene rings is 3. The molecule has 0 unspecified atom stereocenters. The van der Waals surface area contributed by atoms with Crippen molar-refractivity contribution in [3.8, 4) is 12.1 Å². The molecule has 0 bridgehead atoms. The first-order valence-corrected chi connectivity index (χ1v) is 12.5. The highest BCUT2D eigenvalue weighted by atomic mass is 16.1. The molecule has 174 valence electrons. The number of ketones is 1. The lowest BCUT2D eigenvalue weighted by Gasteiger charge is -2.36. The molecule has 3 aromatic carbocycles. The van der Waals surface area contributed by atoms with Crippen LogP contribution in [0.3, 0.4) is 0 Å². The summed E-state index contributed by atoms with van der Waals surface area (Å²) in [4.78, 5) is 16.6.